The van der Waals surface area contributed by atoms with Crippen molar-refractivity contribution in [2.45, 2.75) is 90.5 Å². The Labute approximate surface area is 191 Å². The zero-order chi connectivity index (χ0) is 22.8. The van der Waals surface area contributed by atoms with E-state index >= 15 is 0 Å². The largest absolute Gasteiger partial charge is 0.396 e. The van der Waals surface area contributed by atoms with E-state index in [0.717, 1.165) is 47.6 Å². The highest BCUT2D eigenvalue weighted by molar-refractivity contribution is 5.92. The van der Waals surface area contributed by atoms with Crippen LogP contribution in [0, 0.1) is 25.7 Å². The van der Waals surface area contributed by atoms with Gasteiger partial charge in [-0.15, -0.1) is 10.2 Å². The van der Waals surface area contributed by atoms with Gasteiger partial charge in [0.25, 0.3) is 0 Å². The second-order valence-electron chi connectivity index (χ2n) is 10.5. The standard InChI is InChI=1S/C26H38N4O2/c1-16(2)11-19-13-21(14-19)26-29-28-25(30(26)22-6-7-22)20(9-10-31)15-24(32)27-23-8-5-17(3)12-18(23)4/h5,8,12,16,19-22,31H,6-7,9-11,13-15H2,1-4H3,(H,27,32)/t19?,20-,21?/m1/s1. The highest BCUT2D eigenvalue weighted by Crippen LogP contribution is 2.48. The third-order valence-electron chi connectivity index (χ3n) is 7.00. The molecular formula is C26H38N4O2. The molecule has 2 saturated carbocycles. The van der Waals surface area contributed by atoms with Crippen molar-refractivity contribution in [3.8, 4) is 0 Å². The van der Waals surface area contributed by atoms with E-state index in [0.29, 0.717) is 24.8 Å². The first-order valence-electron chi connectivity index (χ1n) is 12.3. The summed E-state index contributed by atoms with van der Waals surface area (Å²) >= 11 is 0. The Morgan fingerprint density at radius 3 is 2.59 bits per heavy atom. The van der Waals surface area contributed by atoms with Crippen LogP contribution in [0.3, 0.4) is 0 Å². The molecule has 0 saturated heterocycles. The Hall–Kier alpha value is -2.21. The van der Waals surface area contributed by atoms with E-state index < -0.39 is 0 Å². The summed E-state index contributed by atoms with van der Waals surface area (Å²) in [4.78, 5) is 12.9. The summed E-state index contributed by atoms with van der Waals surface area (Å²) in [5, 5.41) is 22.0. The van der Waals surface area contributed by atoms with Crippen LogP contribution in [-0.4, -0.2) is 32.4 Å². The molecule has 1 heterocycles. The van der Waals surface area contributed by atoms with E-state index in [2.05, 4.69) is 40.0 Å². The molecule has 0 aliphatic heterocycles. The number of hydrogen-bond donors (Lipinski definition) is 2. The number of rotatable bonds is 10. The van der Waals surface area contributed by atoms with Crippen LogP contribution in [0.15, 0.2) is 18.2 Å². The lowest BCUT2D eigenvalue weighted by molar-refractivity contribution is -0.116. The predicted octanol–water partition coefficient (Wildman–Crippen LogP) is 5.26. The number of carbonyl (C=O) groups is 1. The smallest absolute Gasteiger partial charge is 0.225 e. The van der Waals surface area contributed by atoms with Crippen LogP contribution in [0.2, 0.25) is 0 Å². The molecule has 2 fully saturated rings. The van der Waals surface area contributed by atoms with Gasteiger partial charge in [-0.2, -0.15) is 0 Å². The quantitative estimate of drug-likeness (QED) is 0.530. The van der Waals surface area contributed by atoms with Crippen LogP contribution in [-0.2, 0) is 4.79 Å². The van der Waals surface area contributed by atoms with Crippen molar-refractivity contribution in [3.63, 3.8) is 0 Å². The molecule has 4 rings (SSSR count). The lowest BCUT2D eigenvalue weighted by Gasteiger charge is -2.36. The fourth-order valence-electron chi connectivity index (χ4n) is 5.24. The minimum Gasteiger partial charge on any atom is -0.396 e. The number of aromatic nitrogens is 3. The molecule has 2 aliphatic rings. The third kappa shape index (κ3) is 5.22. The number of benzene rings is 1. The van der Waals surface area contributed by atoms with E-state index in [-0.39, 0.29) is 18.4 Å². The van der Waals surface area contributed by atoms with Crippen molar-refractivity contribution in [2.24, 2.45) is 11.8 Å². The molecule has 2 aromatic rings. The minimum absolute atomic E-state index is 0.0360. The molecule has 2 aliphatic carbocycles. The van der Waals surface area contributed by atoms with Gasteiger partial charge in [-0.05, 0) is 75.8 Å². The van der Waals surface area contributed by atoms with Gasteiger partial charge in [0.15, 0.2) is 0 Å². The van der Waals surface area contributed by atoms with E-state index in [1.165, 1.54) is 24.8 Å². The molecule has 1 amide bonds. The number of hydrogen-bond acceptors (Lipinski definition) is 4. The highest BCUT2D eigenvalue weighted by Gasteiger charge is 2.39. The lowest BCUT2D eigenvalue weighted by atomic mass is 9.71. The van der Waals surface area contributed by atoms with E-state index in [9.17, 15) is 9.90 Å². The number of aliphatic hydroxyl groups is 1. The summed E-state index contributed by atoms with van der Waals surface area (Å²) in [5.41, 5.74) is 3.08. The Bertz CT molecular complexity index is 941. The van der Waals surface area contributed by atoms with E-state index in [1.54, 1.807) is 0 Å². The molecule has 1 aromatic heterocycles. The van der Waals surface area contributed by atoms with Crippen molar-refractivity contribution in [3.05, 3.63) is 41.0 Å². The van der Waals surface area contributed by atoms with Gasteiger partial charge < -0.3 is 15.0 Å². The molecular weight excluding hydrogens is 400 g/mol. The first-order chi connectivity index (χ1) is 15.4. The average molecular weight is 439 g/mol. The van der Waals surface area contributed by atoms with Gasteiger partial charge in [0, 0.05) is 36.6 Å². The maximum atomic E-state index is 12.9. The topological polar surface area (TPSA) is 80.0 Å². The predicted molar refractivity (Wildman–Crippen MR) is 127 cm³/mol. The van der Waals surface area contributed by atoms with Crippen LogP contribution >= 0.6 is 0 Å². The van der Waals surface area contributed by atoms with Gasteiger partial charge in [0.2, 0.25) is 5.91 Å². The van der Waals surface area contributed by atoms with Gasteiger partial charge in [-0.1, -0.05) is 31.5 Å². The highest BCUT2D eigenvalue weighted by atomic mass is 16.3. The molecule has 2 N–H and O–H groups in total. The summed E-state index contributed by atoms with van der Waals surface area (Å²) in [6, 6.07) is 6.50. The first-order valence-corrected chi connectivity index (χ1v) is 12.3. The molecule has 0 unspecified atom stereocenters. The molecule has 1 aromatic carbocycles. The molecule has 6 heteroatoms. The molecule has 32 heavy (non-hydrogen) atoms. The van der Waals surface area contributed by atoms with Gasteiger partial charge in [-0.3, -0.25) is 4.79 Å². The van der Waals surface area contributed by atoms with E-state index in [1.807, 2.05) is 26.0 Å². The Balaban J connectivity index is 1.48. The monoisotopic (exact) mass is 438 g/mol. The minimum atomic E-state index is -0.126. The summed E-state index contributed by atoms with van der Waals surface area (Å²) in [6.07, 6.45) is 6.81. The number of aryl methyl sites for hydroxylation is 2. The molecule has 174 valence electrons. The molecule has 1 atom stereocenters. The van der Waals surface area contributed by atoms with Crippen molar-refractivity contribution in [1.29, 1.82) is 0 Å². The second-order valence-corrected chi connectivity index (χ2v) is 10.5. The molecule has 6 nitrogen and oxygen atoms in total. The zero-order valence-corrected chi connectivity index (χ0v) is 20.0. The van der Waals surface area contributed by atoms with Crippen LogP contribution in [0.5, 0.6) is 0 Å². The summed E-state index contributed by atoms with van der Waals surface area (Å²) < 4.78 is 2.33. The molecule has 0 bridgehead atoms. The Kier molecular flexibility index (Phi) is 6.99. The van der Waals surface area contributed by atoms with Gasteiger partial charge >= 0.3 is 0 Å². The van der Waals surface area contributed by atoms with Crippen LogP contribution in [0.1, 0.15) is 99.4 Å². The van der Waals surface area contributed by atoms with Gasteiger partial charge in [0.05, 0.1) is 0 Å². The Morgan fingerprint density at radius 1 is 1.22 bits per heavy atom. The number of nitrogens with one attached hydrogen (secondary N) is 1. The number of aliphatic hydroxyl groups excluding tert-OH is 1. The summed E-state index contributed by atoms with van der Waals surface area (Å²) in [5.74, 6) is 3.85. The third-order valence-corrected chi connectivity index (χ3v) is 7.00. The van der Waals surface area contributed by atoms with Crippen LogP contribution in [0.4, 0.5) is 5.69 Å². The maximum Gasteiger partial charge on any atom is 0.225 e. The fourth-order valence-corrected chi connectivity index (χ4v) is 5.24. The van der Waals surface area contributed by atoms with Crippen molar-refractivity contribution >= 4 is 11.6 Å². The zero-order valence-electron chi connectivity index (χ0n) is 20.0. The van der Waals surface area contributed by atoms with Crippen molar-refractivity contribution in [1.82, 2.24) is 14.8 Å². The molecule has 0 spiro atoms. The second kappa shape index (κ2) is 9.74. The van der Waals surface area contributed by atoms with Crippen molar-refractivity contribution < 1.29 is 9.90 Å². The van der Waals surface area contributed by atoms with Crippen LogP contribution < -0.4 is 5.32 Å². The number of anilines is 1. The average Bonchev–Trinajstić information content (AvgIpc) is 3.45. The SMILES string of the molecule is Cc1ccc(NC(=O)C[C@@H](CCO)c2nnc(C3CC(CC(C)C)C3)n2C2CC2)c(C)c1. The summed E-state index contributed by atoms with van der Waals surface area (Å²) in [6.45, 7) is 8.68. The number of amides is 1. The maximum absolute atomic E-state index is 12.9. The van der Waals surface area contributed by atoms with E-state index in [4.69, 9.17) is 0 Å². The fraction of sp³-hybridized carbons (Fsp3) is 0.654. The van der Waals surface area contributed by atoms with Gasteiger partial charge in [0.1, 0.15) is 11.6 Å². The summed E-state index contributed by atoms with van der Waals surface area (Å²) in [7, 11) is 0. The first kappa shape index (κ1) is 23.0. The van der Waals surface area contributed by atoms with Crippen molar-refractivity contribution in [2.75, 3.05) is 11.9 Å². The van der Waals surface area contributed by atoms with Gasteiger partial charge in [-0.25, -0.2) is 0 Å². The normalized spacial score (nSPS) is 21.4. The number of nitrogens with zero attached hydrogens (tertiary/aromatic N) is 3. The number of carbonyl (C=O) groups excluding carboxylic acids is 1. The Morgan fingerprint density at radius 2 is 1.97 bits per heavy atom. The molecule has 0 radical (unpaired) electrons. The van der Waals surface area contributed by atoms with Crippen LogP contribution in [0.25, 0.3) is 0 Å². The lowest BCUT2D eigenvalue weighted by Crippen LogP contribution is -2.26.